The summed E-state index contributed by atoms with van der Waals surface area (Å²) < 4.78 is 3.33. The molecule has 6 nitrogen and oxygen atoms in total. The standard InChI is InChI=1S/C19H23N5O/c1-22(13-14-6-4-3-5-7-14)15-8-9-17-16(12-15)19(25)24(21-17)18-10-11-20-23(18)2/h3-7,10-11,15,25H,8-9,12-13H2,1-2H3. The van der Waals surface area contributed by atoms with Gasteiger partial charge in [0.15, 0.2) is 5.82 Å². The van der Waals surface area contributed by atoms with E-state index in [0.29, 0.717) is 6.04 Å². The molecular formula is C19H23N5O. The van der Waals surface area contributed by atoms with Gasteiger partial charge in [-0.15, -0.1) is 0 Å². The minimum Gasteiger partial charge on any atom is -0.493 e. The van der Waals surface area contributed by atoms with Crippen LogP contribution in [-0.2, 0) is 26.4 Å². The molecule has 3 aromatic rings. The minimum absolute atomic E-state index is 0.247. The molecule has 1 unspecified atom stereocenters. The molecule has 0 saturated heterocycles. The molecule has 6 heteroatoms. The summed E-state index contributed by atoms with van der Waals surface area (Å²) in [5.41, 5.74) is 3.28. The second-order valence-corrected chi connectivity index (χ2v) is 6.77. The number of aryl methyl sites for hydroxylation is 2. The van der Waals surface area contributed by atoms with E-state index >= 15 is 0 Å². The topological polar surface area (TPSA) is 59.1 Å². The van der Waals surface area contributed by atoms with E-state index in [1.54, 1.807) is 15.6 Å². The van der Waals surface area contributed by atoms with E-state index in [0.717, 1.165) is 42.9 Å². The van der Waals surface area contributed by atoms with Crippen molar-refractivity contribution in [2.45, 2.75) is 31.8 Å². The van der Waals surface area contributed by atoms with Gasteiger partial charge in [0.25, 0.3) is 0 Å². The Hall–Kier alpha value is -2.60. The molecule has 130 valence electrons. The molecule has 2 aromatic heterocycles. The van der Waals surface area contributed by atoms with E-state index in [1.165, 1.54) is 5.56 Å². The lowest BCUT2D eigenvalue weighted by atomic mass is 9.92. The first kappa shape index (κ1) is 15.9. The summed E-state index contributed by atoms with van der Waals surface area (Å²) in [7, 11) is 4.01. The van der Waals surface area contributed by atoms with Crippen LogP contribution in [0.2, 0.25) is 0 Å². The summed E-state index contributed by atoms with van der Waals surface area (Å²) in [6.07, 6.45) is 4.48. The third kappa shape index (κ3) is 2.93. The first-order valence-corrected chi connectivity index (χ1v) is 8.65. The lowest BCUT2D eigenvalue weighted by molar-refractivity contribution is 0.212. The molecule has 0 bridgehead atoms. The Morgan fingerprint density at radius 2 is 2.04 bits per heavy atom. The van der Waals surface area contributed by atoms with Crippen molar-refractivity contribution in [2.24, 2.45) is 7.05 Å². The fourth-order valence-corrected chi connectivity index (χ4v) is 3.65. The number of fused-ring (bicyclic) bond motifs is 1. The van der Waals surface area contributed by atoms with Crippen LogP contribution in [-0.4, -0.2) is 42.7 Å². The zero-order valence-electron chi connectivity index (χ0n) is 14.6. The fourth-order valence-electron chi connectivity index (χ4n) is 3.65. The van der Waals surface area contributed by atoms with Crippen LogP contribution in [0.15, 0.2) is 42.6 Å². The number of rotatable bonds is 4. The average molecular weight is 337 g/mol. The molecule has 1 N–H and O–H groups in total. The van der Waals surface area contributed by atoms with Gasteiger partial charge in [-0.25, -0.2) is 0 Å². The van der Waals surface area contributed by atoms with Crippen molar-refractivity contribution >= 4 is 0 Å². The molecule has 4 rings (SSSR count). The highest BCUT2D eigenvalue weighted by Crippen LogP contribution is 2.32. The summed E-state index contributed by atoms with van der Waals surface area (Å²) in [6, 6.07) is 12.8. The maximum Gasteiger partial charge on any atom is 0.219 e. The van der Waals surface area contributed by atoms with Gasteiger partial charge in [0.05, 0.1) is 11.9 Å². The van der Waals surface area contributed by atoms with Gasteiger partial charge < -0.3 is 5.11 Å². The number of aromatic hydroxyl groups is 1. The first-order chi connectivity index (χ1) is 12.1. The summed E-state index contributed by atoms with van der Waals surface area (Å²) in [5, 5.41) is 19.5. The molecule has 1 aromatic carbocycles. The van der Waals surface area contributed by atoms with Gasteiger partial charge in [0, 0.05) is 31.3 Å². The number of hydrogen-bond acceptors (Lipinski definition) is 4. The number of likely N-dealkylation sites (N-methyl/N-ethyl adjacent to an activating group) is 1. The van der Waals surface area contributed by atoms with Crippen LogP contribution in [0.3, 0.4) is 0 Å². The van der Waals surface area contributed by atoms with Crippen molar-refractivity contribution in [3.63, 3.8) is 0 Å². The molecule has 0 radical (unpaired) electrons. The zero-order valence-corrected chi connectivity index (χ0v) is 14.6. The van der Waals surface area contributed by atoms with E-state index in [4.69, 9.17) is 0 Å². The minimum atomic E-state index is 0.247. The Balaban J connectivity index is 1.55. The average Bonchev–Trinajstić information content (AvgIpc) is 3.19. The smallest absolute Gasteiger partial charge is 0.219 e. The SMILES string of the molecule is CN(Cc1ccccc1)C1CCc2nn(-c3ccnn3C)c(O)c2C1. The highest BCUT2D eigenvalue weighted by atomic mass is 16.3. The lowest BCUT2D eigenvalue weighted by Gasteiger charge is -2.30. The first-order valence-electron chi connectivity index (χ1n) is 8.65. The summed E-state index contributed by atoms with van der Waals surface area (Å²) in [6.45, 7) is 0.914. The Morgan fingerprint density at radius 3 is 2.76 bits per heavy atom. The van der Waals surface area contributed by atoms with Crippen LogP contribution in [0.4, 0.5) is 0 Å². The Bertz CT molecular complexity index is 867. The quantitative estimate of drug-likeness (QED) is 0.794. The highest BCUT2D eigenvalue weighted by Gasteiger charge is 2.29. The number of aromatic nitrogens is 4. The number of benzene rings is 1. The van der Waals surface area contributed by atoms with Gasteiger partial charge in [0.1, 0.15) is 0 Å². The summed E-state index contributed by atoms with van der Waals surface area (Å²) in [5.74, 6) is 1.03. The molecule has 2 heterocycles. The molecule has 0 saturated carbocycles. The summed E-state index contributed by atoms with van der Waals surface area (Å²) >= 11 is 0. The molecule has 0 amide bonds. The van der Waals surface area contributed by atoms with E-state index in [1.807, 2.05) is 19.2 Å². The van der Waals surface area contributed by atoms with E-state index in [9.17, 15) is 5.11 Å². The third-order valence-electron chi connectivity index (χ3n) is 5.10. The monoisotopic (exact) mass is 337 g/mol. The maximum atomic E-state index is 10.7. The normalized spacial score (nSPS) is 17.0. The van der Waals surface area contributed by atoms with Crippen molar-refractivity contribution < 1.29 is 5.11 Å². The van der Waals surface area contributed by atoms with E-state index < -0.39 is 0 Å². The van der Waals surface area contributed by atoms with Gasteiger partial charge in [0.2, 0.25) is 5.88 Å². The van der Waals surface area contributed by atoms with E-state index in [2.05, 4.69) is 46.4 Å². The molecule has 0 aliphatic heterocycles. The molecule has 0 fully saturated rings. The summed E-state index contributed by atoms with van der Waals surface area (Å²) in [4.78, 5) is 2.37. The van der Waals surface area contributed by atoms with Crippen molar-refractivity contribution in [1.29, 1.82) is 0 Å². The molecule has 1 atom stereocenters. The predicted octanol–water partition coefficient (Wildman–Crippen LogP) is 2.30. The van der Waals surface area contributed by atoms with Crippen LogP contribution in [0.5, 0.6) is 5.88 Å². The largest absolute Gasteiger partial charge is 0.493 e. The second-order valence-electron chi connectivity index (χ2n) is 6.77. The van der Waals surface area contributed by atoms with Crippen LogP contribution in [0, 0.1) is 0 Å². The predicted molar refractivity (Wildman–Crippen MR) is 95.7 cm³/mol. The van der Waals surface area contributed by atoms with Crippen molar-refractivity contribution in [2.75, 3.05) is 7.05 Å². The zero-order chi connectivity index (χ0) is 17.4. The molecular weight excluding hydrogens is 314 g/mol. The van der Waals surface area contributed by atoms with Crippen molar-refractivity contribution in [1.82, 2.24) is 24.5 Å². The molecule has 25 heavy (non-hydrogen) atoms. The van der Waals surface area contributed by atoms with Gasteiger partial charge in [-0.05, 0) is 31.9 Å². The van der Waals surface area contributed by atoms with Crippen LogP contribution in [0.25, 0.3) is 5.82 Å². The molecule has 0 spiro atoms. The van der Waals surface area contributed by atoms with E-state index in [-0.39, 0.29) is 5.88 Å². The Morgan fingerprint density at radius 1 is 1.24 bits per heavy atom. The third-order valence-corrected chi connectivity index (χ3v) is 5.10. The van der Waals surface area contributed by atoms with Gasteiger partial charge in [-0.1, -0.05) is 30.3 Å². The fraction of sp³-hybridized carbons (Fsp3) is 0.368. The lowest BCUT2D eigenvalue weighted by Crippen LogP contribution is -2.35. The number of nitrogens with zero attached hydrogens (tertiary/aromatic N) is 5. The number of hydrogen-bond donors (Lipinski definition) is 1. The van der Waals surface area contributed by atoms with Crippen LogP contribution < -0.4 is 0 Å². The van der Waals surface area contributed by atoms with Gasteiger partial charge in [-0.2, -0.15) is 14.9 Å². The van der Waals surface area contributed by atoms with Crippen molar-refractivity contribution in [3.8, 4) is 11.7 Å². The molecule has 1 aliphatic rings. The van der Waals surface area contributed by atoms with Crippen LogP contribution >= 0.6 is 0 Å². The highest BCUT2D eigenvalue weighted by molar-refractivity contribution is 5.39. The van der Waals surface area contributed by atoms with Gasteiger partial charge in [-0.3, -0.25) is 9.58 Å². The van der Waals surface area contributed by atoms with Crippen LogP contribution in [0.1, 0.15) is 23.2 Å². The maximum absolute atomic E-state index is 10.7. The molecule has 1 aliphatic carbocycles. The Kier molecular flexibility index (Phi) is 4.05. The second kappa shape index (κ2) is 6.37. The van der Waals surface area contributed by atoms with Crippen molar-refractivity contribution in [3.05, 3.63) is 59.4 Å². The van der Waals surface area contributed by atoms with Gasteiger partial charge >= 0.3 is 0 Å². The Labute approximate surface area is 147 Å².